The van der Waals surface area contributed by atoms with Crippen molar-refractivity contribution in [3.8, 4) is 11.6 Å². The highest BCUT2D eigenvalue weighted by atomic mass is 35.5. The van der Waals surface area contributed by atoms with Crippen LogP contribution < -0.4 is 0 Å². The summed E-state index contributed by atoms with van der Waals surface area (Å²) in [4.78, 5) is 0. The molecule has 120 valence electrons. The maximum absolute atomic E-state index is 13.1. The molecule has 0 saturated heterocycles. The lowest BCUT2D eigenvalue weighted by Crippen LogP contribution is -2.01. The third kappa shape index (κ3) is 3.59. The fourth-order valence-corrected chi connectivity index (χ4v) is 3.47. The maximum atomic E-state index is 13.1. The summed E-state index contributed by atoms with van der Waals surface area (Å²) in [7, 11) is 0. The number of hydrogen-bond acceptors (Lipinski definition) is 4. The summed E-state index contributed by atoms with van der Waals surface area (Å²) in [5.74, 6) is 1.67. The Morgan fingerprint density at radius 3 is 2.87 bits per heavy atom. The van der Waals surface area contributed by atoms with Crippen LogP contribution in [0.15, 0.2) is 46.2 Å². The van der Waals surface area contributed by atoms with Crippen LogP contribution in [0.5, 0.6) is 0 Å². The molecular weight excluding hydrogens is 337 g/mol. The van der Waals surface area contributed by atoms with Gasteiger partial charge in [-0.05, 0) is 36.2 Å². The molecule has 0 N–H and O–H groups in total. The lowest BCUT2D eigenvalue weighted by molar-refractivity contribution is 0.559. The van der Waals surface area contributed by atoms with E-state index in [1.165, 1.54) is 23.9 Å². The Hall–Kier alpha value is -1.79. The summed E-state index contributed by atoms with van der Waals surface area (Å²) in [6.45, 7) is 2.89. The van der Waals surface area contributed by atoms with Gasteiger partial charge in [-0.1, -0.05) is 36.4 Å². The number of benzene rings is 1. The summed E-state index contributed by atoms with van der Waals surface area (Å²) in [5, 5.41) is 9.70. The molecule has 0 aliphatic heterocycles. The molecular formula is C16H15ClFN3OS. The van der Waals surface area contributed by atoms with Gasteiger partial charge in [-0.15, -0.1) is 10.2 Å². The summed E-state index contributed by atoms with van der Waals surface area (Å²) in [5.41, 5.74) is 0.865. The van der Waals surface area contributed by atoms with Crippen molar-refractivity contribution in [1.82, 2.24) is 14.8 Å². The first-order chi connectivity index (χ1) is 11.2. The number of nitrogens with zero attached hydrogens (tertiary/aromatic N) is 3. The predicted octanol–water partition coefficient (Wildman–Crippen LogP) is 5.03. The molecule has 7 heteroatoms. The van der Waals surface area contributed by atoms with Gasteiger partial charge >= 0.3 is 0 Å². The van der Waals surface area contributed by atoms with Gasteiger partial charge in [0.25, 0.3) is 0 Å². The second-order valence-electron chi connectivity index (χ2n) is 4.96. The number of aromatic nitrogens is 3. The topological polar surface area (TPSA) is 43.9 Å². The van der Waals surface area contributed by atoms with Crippen LogP contribution in [0.2, 0.25) is 5.02 Å². The zero-order valence-electron chi connectivity index (χ0n) is 12.5. The third-order valence-electron chi connectivity index (χ3n) is 3.28. The molecule has 0 unspecified atom stereocenters. The van der Waals surface area contributed by atoms with E-state index in [1.54, 1.807) is 12.3 Å². The van der Waals surface area contributed by atoms with E-state index in [2.05, 4.69) is 17.1 Å². The largest absolute Gasteiger partial charge is 0.461 e. The van der Waals surface area contributed by atoms with Crippen molar-refractivity contribution in [2.75, 3.05) is 0 Å². The minimum Gasteiger partial charge on any atom is -0.461 e. The molecule has 2 heterocycles. The van der Waals surface area contributed by atoms with Gasteiger partial charge < -0.3 is 4.42 Å². The van der Waals surface area contributed by atoms with Crippen LogP contribution in [-0.2, 0) is 12.3 Å². The molecule has 2 aromatic heterocycles. The second-order valence-corrected chi connectivity index (χ2v) is 6.31. The quantitative estimate of drug-likeness (QED) is 0.584. The highest BCUT2D eigenvalue weighted by Crippen LogP contribution is 2.29. The average molecular weight is 352 g/mol. The smallest absolute Gasteiger partial charge is 0.200 e. The molecule has 0 atom stereocenters. The molecule has 4 nitrogen and oxygen atoms in total. The molecule has 23 heavy (non-hydrogen) atoms. The van der Waals surface area contributed by atoms with E-state index < -0.39 is 0 Å². The van der Waals surface area contributed by atoms with Gasteiger partial charge in [0.15, 0.2) is 16.7 Å². The Kier molecular flexibility index (Phi) is 5.03. The lowest BCUT2D eigenvalue weighted by Gasteiger charge is -2.08. The highest BCUT2D eigenvalue weighted by molar-refractivity contribution is 7.98. The van der Waals surface area contributed by atoms with Crippen molar-refractivity contribution < 1.29 is 8.81 Å². The van der Waals surface area contributed by atoms with Crippen molar-refractivity contribution >= 4 is 23.4 Å². The van der Waals surface area contributed by atoms with Crippen LogP contribution in [0.25, 0.3) is 11.6 Å². The van der Waals surface area contributed by atoms with Crippen LogP contribution in [0.4, 0.5) is 4.39 Å². The second kappa shape index (κ2) is 7.19. The zero-order chi connectivity index (χ0) is 16.2. The fourth-order valence-electron chi connectivity index (χ4n) is 2.19. The first kappa shape index (κ1) is 16.1. The third-order valence-corrected chi connectivity index (χ3v) is 4.64. The van der Waals surface area contributed by atoms with Gasteiger partial charge in [-0.25, -0.2) is 4.39 Å². The van der Waals surface area contributed by atoms with E-state index in [0.717, 1.165) is 23.7 Å². The van der Waals surface area contributed by atoms with Gasteiger partial charge in [0, 0.05) is 17.3 Å². The molecule has 0 bridgehead atoms. The minimum atomic E-state index is -0.335. The van der Waals surface area contributed by atoms with Gasteiger partial charge in [0.2, 0.25) is 0 Å². The van der Waals surface area contributed by atoms with E-state index in [9.17, 15) is 4.39 Å². The van der Waals surface area contributed by atoms with Crippen molar-refractivity contribution in [2.45, 2.75) is 30.8 Å². The predicted molar refractivity (Wildman–Crippen MR) is 89.0 cm³/mol. The molecule has 1 aromatic carbocycles. The summed E-state index contributed by atoms with van der Waals surface area (Å²) in [6.07, 6.45) is 2.57. The van der Waals surface area contributed by atoms with Gasteiger partial charge in [0.05, 0.1) is 6.26 Å². The van der Waals surface area contributed by atoms with Gasteiger partial charge in [0.1, 0.15) is 5.82 Å². The van der Waals surface area contributed by atoms with E-state index in [4.69, 9.17) is 16.0 Å². The first-order valence-electron chi connectivity index (χ1n) is 7.23. The lowest BCUT2D eigenvalue weighted by atomic mass is 10.2. The number of thioether (sulfide) groups is 1. The average Bonchev–Trinajstić information content (AvgIpc) is 3.16. The van der Waals surface area contributed by atoms with Crippen LogP contribution in [0.3, 0.4) is 0 Å². The Labute approximate surface area is 142 Å². The summed E-state index contributed by atoms with van der Waals surface area (Å²) >= 11 is 7.59. The standard InChI is InChI=1S/C16H15ClFN3OS/c1-2-7-21-15(14-4-3-8-22-14)19-20-16(21)23-10-11-5-6-12(18)9-13(11)17/h3-6,8-9H,2,7,10H2,1H3. The highest BCUT2D eigenvalue weighted by Gasteiger charge is 2.16. The monoisotopic (exact) mass is 351 g/mol. The van der Waals surface area contributed by atoms with Crippen LogP contribution >= 0.6 is 23.4 Å². The Morgan fingerprint density at radius 2 is 2.17 bits per heavy atom. The molecule has 3 rings (SSSR count). The summed E-state index contributed by atoms with van der Waals surface area (Å²) < 4.78 is 20.6. The van der Waals surface area contributed by atoms with Crippen molar-refractivity contribution in [3.63, 3.8) is 0 Å². The van der Waals surface area contributed by atoms with Crippen LogP contribution in [0, 0.1) is 5.82 Å². The Bertz CT molecular complexity index is 789. The van der Waals surface area contributed by atoms with E-state index in [-0.39, 0.29) is 5.82 Å². The molecule has 0 fully saturated rings. The molecule has 0 saturated carbocycles. The molecule has 0 spiro atoms. The van der Waals surface area contributed by atoms with Crippen LogP contribution in [-0.4, -0.2) is 14.8 Å². The maximum Gasteiger partial charge on any atom is 0.200 e. The zero-order valence-corrected chi connectivity index (χ0v) is 14.1. The Balaban J connectivity index is 1.82. The van der Waals surface area contributed by atoms with Crippen molar-refractivity contribution in [1.29, 1.82) is 0 Å². The van der Waals surface area contributed by atoms with Gasteiger partial charge in [-0.2, -0.15) is 0 Å². The molecule has 0 radical (unpaired) electrons. The molecule has 0 aliphatic rings. The minimum absolute atomic E-state index is 0.335. The van der Waals surface area contributed by atoms with Crippen molar-refractivity contribution in [2.24, 2.45) is 0 Å². The number of rotatable bonds is 6. The van der Waals surface area contributed by atoms with E-state index >= 15 is 0 Å². The van der Waals surface area contributed by atoms with Crippen LogP contribution in [0.1, 0.15) is 18.9 Å². The molecule has 3 aromatic rings. The van der Waals surface area contributed by atoms with E-state index in [0.29, 0.717) is 22.4 Å². The molecule has 0 amide bonds. The van der Waals surface area contributed by atoms with E-state index in [1.807, 2.05) is 16.7 Å². The first-order valence-corrected chi connectivity index (χ1v) is 8.59. The Morgan fingerprint density at radius 1 is 1.30 bits per heavy atom. The van der Waals surface area contributed by atoms with Crippen molar-refractivity contribution in [3.05, 3.63) is 53.0 Å². The number of hydrogen-bond donors (Lipinski definition) is 0. The number of halogens is 2. The molecule has 0 aliphatic carbocycles. The van der Waals surface area contributed by atoms with Gasteiger partial charge in [-0.3, -0.25) is 4.57 Å². The SMILES string of the molecule is CCCn1c(SCc2ccc(F)cc2Cl)nnc1-c1ccco1. The fraction of sp³-hybridized carbons (Fsp3) is 0.250. The number of furan rings is 1. The normalized spacial score (nSPS) is 11.1. The summed E-state index contributed by atoms with van der Waals surface area (Å²) in [6, 6.07) is 8.11.